The van der Waals surface area contributed by atoms with Gasteiger partial charge in [-0.15, -0.1) is 0 Å². The third kappa shape index (κ3) is 3.49. The van der Waals surface area contributed by atoms with E-state index in [1.807, 2.05) is 38.1 Å². The van der Waals surface area contributed by atoms with E-state index < -0.39 is 11.5 Å². The molecule has 0 saturated carbocycles. The molecule has 1 aliphatic heterocycles. The molecular formula is C16H20N2O3. The molecule has 1 amide bonds. The number of carboxylic acids is 1. The Morgan fingerprint density at radius 3 is 2.86 bits per heavy atom. The Kier molecular flexibility index (Phi) is 4.43. The molecular weight excluding hydrogens is 268 g/mol. The quantitative estimate of drug-likeness (QED) is 0.824. The van der Waals surface area contributed by atoms with E-state index in [-0.39, 0.29) is 5.91 Å². The highest BCUT2D eigenvalue weighted by molar-refractivity contribution is 5.86. The van der Waals surface area contributed by atoms with Crippen molar-refractivity contribution in [1.29, 1.82) is 0 Å². The lowest BCUT2D eigenvalue weighted by molar-refractivity contribution is -0.135. The van der Waals surface area contributed by atoms with Crippen LogP contribution in [0, 0.1) is 0 Å². The molecule has 1 aliphatic rings. The van der Waals surface area contributed by atoms with Gasteiger partial charge in [0, 0.05) is 25.7 Å². The first-order valence-electron chi connectivity index (χ1n) is 6.93. The van der Waals surface area contributed by atoms with Gasteiger partial charge in [-0.1, -0.05) is 24.3 Å². The third-order valence-electron chi connectivity index (χ3n) is 3.84. The molecule has 0 aliphatic carbocycles. The predicted molar refractivity (Wildman–Crippen MR) is 80.6 cm³/mol. The van der Waals surface area contributed by atoms with E-state index in [1.165, 1.54) is 0 Å². The van der Waals surface area contributed by atoms with Crippen molar-refractivity contribution >= 4 is 18.0 Å². The van der Waals surface area contributed by atoms with Gasteiger partial charge in [0.2, 0.25) is 5.91 Å². The molecule has 21 heavy (non-hydrogen) atoms. The SMILES string of the molecule is CC1(C)C(=O)NCCN1Cc1ccccc1C=CC(=O)O. The summed E-state index contributed by atoms with van der Waals surface area (Å²) in [7, 11) is 0. The number of carbonyl (C=O) groups is 2. The Hall–Kier alpha value is -2.14. The van der Waals surface area contributed by atoms with E-state index in [4.69, 9.17) is 5.11 Å². The lowest BCUT2D eigenvalue weighted by atomic mass is 9.97. The molecule has 0 aromatic heterocycles. The number of nitrogens with one attached hydrogen (secondary N) is 1. The van der Waals surface area contributed by atoms with Crippen LogP contribution in [0.25, 0.3) is 6.08 Å². The molecule has 1 saturated heterocycles. The summed E-state index contributed by atoms with van der Waals surface area (Å²) in [4.78, 5) is 24.8. The molecule has 2 rings (SSSR count). The Balaban J connectivity index is 2.23. The summed E-state index contributed by atoms with van der Waals surface area (Å²) < 4.78 is 0. The lowest BCUT2D eigenvalue weighted by Crippen LogP contribution is -2.61. The van der Waals surface area contributed by atoms with Gasteiger partial charge in [-0.3, -0.25) is 9.69 Å². The van der Waals surface area contributed by atoms with E-state index in [1.54, 1.807) is 6.08 Å². The molecule has 1 aromatic rings. The number of rotatable bonds is 4. The molecule has 0 bridgehead atoms. The summed E-state index contributed by atoms with van der Waals surface area (Å²) in [5.41, 5.74) is 1.31. The molecule has 112 valence electrons. The maximum atomic E-state index is 12.0. The molecule has 1 aromatic carbocycles. The summed E-state index contributed by atoms with van der Waals surface area (Å²) in [5, 5.41) is 11.6. The topological polar surface area (TPSA) is 69.6 Å². The van der Waals surface area contributed by atoms with Crippen molar-refractivity contribution in [3.8, 4) is 0 Å². The van der Waals surface area contributed by atoms with Crippen LogP contribution in [0.15, 0.2) is 30.3 Å². The monoisotopic (exact) mass is 288 g/mol. The van der Waals surface area contributed by atoms with Crippen LogP contribution in [-0.2, 0) is 16.1 Å². The second kappa shape index (κ2) is 6.10. The number of carbonyl (C=O) groups excluding carboxylic acids is 1. The van der Waals surface area contributed by atoms with Crippen LogP contribution in [0.5, 0.6) is 0 Å². The van der Waals surface area contributed by atoms with Crippen molar-refractivity contribution < 1.29 is 14.7 Å². The Morgan fingerprint density at radius 1 is 1.43 bits per heavy atom. The van der Waals surface area contributed by atoms with Crippen LogP contribution >= 0.6 is 0 Å². The molecule has 0 spiro atoms. The first-order chi connectivity index (χ1) is 9.91. The molecule has 5 heteroatoms. The Morgan fingerprint density at radius 2 is 2.14 bits per heavy atom. The van der Waals surface area contributed by atoms with Crippen molar-refractivity contribution in [2.45, 2.75) is 25.9 Å². The van der Waals surface area contributed by atoms with Gasteiger partial charge in [-0.2, -0.15) is 0 Å². The number of hydrogen-bond acceptors (Lipinski definition) is 3. The van der Waals surface area contributed by atoms with Crippen LogP contribution in [-0.4, -0.2) is 40.5 Å². The molecule has 0 unspecified atom stereocenters. The maximum Gasteiger partial charge on any atom is 0.328 e. The van der Waals surface area contributed by atoms with Gasteiger partial charge in [0.05, 0.1) is 5.54 Å². The summed E-state index contributed by atoms with van der Waals surface area (Å²) in [6.45, 7) is 5.82. The lowest BCUT2D eigenvalue weighted by Gasteiger charge is -2.41. The van der Waals surface area contributed by atoms with Crippen molar-refractivity contribution in [2.75, 3.05) is 13.1 Å². The van der Waals surface area contributed by atoms with Gasteiger partial charge in [0.25, 0.3) is 0 Å². The number of aliphatic carboxylic acids is 1. The smallest absolute Gasteiger partial charge is 0.328 e. The fourth-order valence-electron chi connectivity index (χ4n) is 2.43. The van der Waals surface area contributed by atoms with Crippen LogP contribution < -0.4 is 5.32 Å². The number of nitrogens with zero attached hydrogens (tertiary/aromatic N) is 1. The summed E-state index contributed by atoms with van der Waals surface area (Å²) in [5.74, 6) is -0.949. The fraction of sp³-hybridized carbons (Fsp3) is 0.375. The molecule has 1 fully saturated rings. The molecule has 2 N–H and O–H groups in total. The van der Waals surface area contributed by atoms with Gasteiger partial charge >= 0.3 is 5.97 Å². The number of benzene rings is 1. The first-order valence-corrected chi connectivity index (χ1v) is 6.93. The van der Waals surface area contributed by atoms with Crippen LogP contribution in [0.2, 0.25) is 0 Å². The van der Waals surface area contributed by atoms with Crippen LogP contribution in [0.3, 0.4) is 0 Å². The van der Waals surface area contributed by atoms with E-state index in [0.29, 0.717) is 13.1 Å². The largest absolute Gasteiger partial charge is 0.478 e. The summed E-state index contributed by atoms with van der Waals surface area (Å²) >= 11 is 0. The van der Waals surface area contributed by atoms with E-state index in [2.05, 4.69) is 10.2 Å². The third-order valence-corrected chi connectivity index (χ3v) is 3.84. The maximum absolute atomic E-state index is 12.0. The zero-order chi connectivity index (χ0) is 15.5. The highest BCUT2D eigenvalue weighted by Gasteiger charge is 2.37. The van der Waals surface area contributed by atoms with Gasteiger partial charge in [0.1, 0.15) is 0 Å². The number of piperazine rings is 1. The normalized spacial score (nSPS) is 18.7. The minimum absolute atomic E-state index is 0.0207. The first kappa shape index (κ1) is 15.3. The minimum Gasteiger partial charge on any atom is -0.478 e. The van der Waals surface area contributed by atoms with E-state index in [9.17, 15) is 9.59 Å². The second-order valence-corrected chi connectivity index (χ2v) is 5.61. The minimum atomic E-state index is -0.970. The van der Waals surface area contributed by atoms with Crippen LogP contribution in [0.1, 0.15) is 25.0 Å². The Bertz CT molecular complexity index is 579. The van der Waals surface area contributed by atoms with Crippen molar-refractivity contribution in [3.63, 3.8) is 0 Å². The van der Waals surface area contributed by atoms with Crippen molar-refractivity contribution in [3.05, 3.63) is 41.5 Å². The van der Waals surface area contributed by atoms with E-state index in [0.717, 1.165) is 23.7 Å². The average Bonchev–Trinajstić information content (AvgIpc) is 2.43. The standard InChI is InChI=1S/C16H20N2O3/c1-16(2)15(21)17-9-10-18(16)11-13-6-4-3-5-12(13)7-8-14(19)20/h3-8H,9-11H2,1-2H3,(H,17,21)(H,19,20). The molecule has 0 atom stereocenters. The van der Waals surface area contributed by atoms with Gasteiger partial charge < -0.3 is 10.4 Å². The molecule has 0 radical (unpaired) electrons. The van der Waals surface area contributed by atoms with Gasteiger partial charge in [-0.25, -0.2) is 4.79 Å². The van der Waals surface area contributed by atoms with Crippen molar-refractivity contribution in [2.24, 2.45) is 0 Å². The molecule has 1 heterocycles. The number of amides is 1. The number of hydrogen-bond donors (Lipinski definition) is 2. The number of carboxylic acid groups (broad SMARTS) is 1. The van der Waals surface area contributed by atoms with Gasteiger partial charge in [-0.05, 0) is 31.1 Å². The highest BCUT2D eigenvalue weighted by atomic mass is 16.4. The van der Waals surface area contributed by atoms with Crippen molar-refractivity contribution in [1.82, 2.24) is 10.2 Å². The van der Waals surface area contributed by atoms with Gasteiger partial charge in [0.15, 0.2) is 0 Å². The zero-order valence-electron chi connectivity index (χ0n) is 12.3. The van der Waals surface area contributed by atoms with E-state index >= 15 is 0 Å². The second-order valence-electron chi connectivity index (χ2n) is 5.61. The summed E-state index contributed by atoms with van der Waals surface area (Å²) in [6.07, 6.45) is 2.72. The predicted octanol–water partition coefficient (Wildman–Crippen LogP) is 1.49. The summed E-state index contributed by atoms with van der Waals surface area (Å²) in [6, 6.07) is 7.64. The average molecular weight is 288 g/mol. The molecule has 5 nitrogen and oxygen atoms in total. The zero-order valence-corrected chi connectivity index (χ0v) is 12.3. The Labute approximate surface area is 124 Å². The van der Waals surface area contributed by atoms with Crippen LogP contribution in [0.4, 0.5) is 0 Å². The fourth-order valence-corrected chi connectivity index (χ4v) is 2.43. The highest BCUT2D eigenvalue weighted by Crippen LogP contribution is 2.22.